The number of aliphatic hydroxyl groups is 1. The van der Waals surface area contributed by atoms with Gasteiger partial charge in [0.1, 0.15) is 18.1 Å². The van der Waals surface area contributed by atoms with Crippen LogP contribution < -0.4 is 21.7 Å². The van der Waals surface area contributed by atoms with E-state index >= 15 is 0 Å². The van der Waals surface area contributed by atoms with Crippen LogP contribution in [0.4, 0.5) is 0 Å². The zero-order valence-corrected chi connectivity index (χ0v) is 16.8. The van der Waals surface area contributed by atoms with Gasteiger partial charge in [-0.05, 0) is 11.8 Å². The smallest absolute Gasteiger partial charge is 0.327 e. The number of carboxylic acids is 1. The molecule has 0 fully saturated rings. The Balaban J connectivity index is 5.10. The zero-order chi connectivity index (χ0) is 21.3. The Bertz CT molecular complexity index is 543. The molecule has 0 saturated carbocycles. The fraction of sp³-hybridized carbons (Fsp3) is 0.750. The molecule has 0 aromatic carbocycles. The van der Waals surface area contributed by atoms with Gasteiger partial charge in [0.05, 0.1) is 12.6 Å². The first-order chi connectivity index (χ1) is 12.5. The summed E-state index contributed by atoms with van der Waals surface area (Å²) in [5.74, 6) is -3.99. The number of thiol groups is 1. The van der Waals surface area contributed by atoms with Crippen LogP contribution in [0.5, 0.6) is 0 Å². The molecule has 0 aliphatic carbocycles. The number of carboxylic acid groups (broad SMARTS) is 1. The number of carbonyl (C=O) groups is 4. The highest BCUT2D eigenvalue weighted by Crippen LogP contribution is 2.05. The third-order valence-corrected chi connectivity index (χ3v) is 4.25. The first-order valence-corrected chi connectivity index (χ1v) is 9.20. The van der Waals surface area contributed by atoms with Gasteiger partial charge in [-0.25, -0.2) is 4.79 Å². The summed E-state index contributed by atoms with van der Waals surface area (Å²) < 4.78 is 0. The maximum Gasteiger partial charge on any atom is 0.327 e. The summed E-state index contributed by atoms with van der Waals surface area (Å²) in [6.07, 6.45) is 0. The molecule has 4 unspecified atom stereocenters. The summed E-state index contributed by atoms with van der Waals surface area (Å²) in [4.78, 5) is 47.7. The summed E-state index contributed by atoms with van der Waals surface area (Å²) >= 11 is 3.83. The van der Waals surface area contributed by atoms with E-state index in [0.29, 0.717) is 0 Å². The van der Waals surface area contributed by atoms with Crippen LogP contribution in [-0.4, -0.2) is 70.4 Å². The molecule has 0 aliphatic rings. The fourth-order valence-corrected chi connectivity index (χ4v) is 2.25. The van der Waals surface area contributed by atoms with E-state index in [1.165, 1.54) is 0 Å². The molecule has 4 atom stereocenters. The minimum absolute atomic E-state index is 0.133. The molecule has 0 bridgehead atoms. The van der Waals surface area contributed by atoms with Crippen LogP contribution in [-0.2, 0) is 19.2 Å². The van der Waals surface area contributed by atoms with Crippen molar-refractivity contribution in [1.29, 1.82) is 0 Å². The minimum Gasteiger partial charge on any atom is -0.480 e. The first kappa shape index (κ1) is 25.1. The van der Waals surface area contributed by atoms with Gasteiger partial charge >= 0.3 is 5.97 Å². The summed E-state index contributed by atoms with van der Waals surface area (Å²) in [6.45, 7) is 6.17. The molecule has 10 nitrogen and oxygen atoms in total. The van der Waals surface area contributed by atoms with Gasteiger partial charge in [-0.15, -0.1) is 0 Å². The Labute approximate surface area is 164 Å². The second kappa shape index (κ2) is 11.8. The third kappa shape index (κ3) is 8.14. The Morgan fingerprint density at radius 1 is 0.889 bits per heavy atom. The van der Waals surface area contributed by atoms with Crippen LogP contribution in [0.3, 0.4) is 0 Å². The van der Waals surface area contributed by atoms with Gasteiger partial charge in [-0.3, -0.25) is 14.4 Å². The van der Waals surface area contributed by atoms with E-state index < -0.39 is 54.5 Å². The average molecular weight is 407 g/mol. The molecule has 0 heterocycles. The fourth-order valence-electron chi connectivity index (χ4n) is 2.00. The predicted molar refractivity (Wildman–Crippen MR) is 102 cm³/mol. The van der Waals surface area contributed by atoms with Crippen molar-refractivity contribution < 1.29 is 29.4 Å². The van der Waals surface area contributed by atoms with E-state index in [1.54, 1.807) is 27.7 Å². The molecule has 0 radical (unpaired) electrons. The highest BCUT2D eigenvalue weighted by atomic mass is 32.1. The molecule has 27 heavy (non-hydrogen) atoms. The molecule has 7 N–H and O–H groups in total. The van der Waals surface area contributed by atoms with Crippen LogP contribution in [0.2, 0.25) is 0 Å². The van der Waals surface area contributed by atoms with Crippen molar-refractivity contribution in [1.82, 2.24) is 16.0 Å². The number of nitrogens with two attached hydrogens (primary N) is 1. The maximum absolute atomic E-state index is 12.5. The number of hydrogen-bond acceptors (Lipinski definition) is 7. The minimum atomic E-state index is -1.38. The van der Waals surface area contributed by atoms with Crippen LogP contribution in [0.25, 0.3) is 0 Å². The number of nitrogens with one attached hydrogen (secondary N) is 3. The molecule has 3 amide bonds. The average Bonchev–Trinajstić information content (AvgIpc) is 2.59. The van der Waals surface area contributed by atoms with Crippen LogP contribution in [0.15, 0.2) is 0 Å². The molecule has 11 heteroatoms. The molecular weight excluding hydrogens is 376 g/mol. The van der Waals surface area contributed by atoms with E-state index in [-0.39, 0.29) is 17.6 Å². The number of hydrogen-bond donors (Lipinski definition) is 7. The SMILES string of the molecule is CC(C)C(N)C(=O)NC(C(=O)NC(CO)C(=O)NC(CS)C(=O)O)C(C)C. The van der Waals surface area contributed by atoms with E-state index in [9.17, 15) is 24.3 Å². The molecule has 0 spiro atoms. The number of aliphatic hydroxyl groups excluding tert-OH is 1. The van der Waals surface area contributed by atoms with Crippen molar-refractivity contribution in [3.63, 3.8) is 0 Å². The van der Waals surface area contributed by atoms with Gasteiger partial charge in [0, 0.05) is 5.75 Å². The topological polar surface area (TPSA) is 171 Å². The Morgan fingerprint density at radius 3 is 1.78 bits per heavy atom. The van der Waals surface area contributed by atoms with Crippen molar-refractivity contribution in [2.45, 2.75) is 51.9 Å². The highest BCUT2D eigenvalue weighted by Gasteiger charge is 2.31. The Hall–Kier alpha value is -1.85. The standard InChI is InChI=1S/C16H30N4O6S/c1-7(2)11(17)14(23)20-12(8(3)4)15(24)18-9(5-21)13(22)19-10(6-27)16(25)26/h7-12,21,27H,5-6,17H2,1-4H3,(H,18,24)(H,19,22)(H,20,23)(H,25,26). The van der Waals surface area contributed by atoms with Crippen molar-refractivity contribution in [3.8, 4) is 0 Å². The number of rotatable bonds is 11. The van der Waals surface area contributed by atoms with Crippen molar-refractivity contribution in [2.24, 2.45) is 17.6 Å². The van der Waals surface area contributed by atoms with Crippen LogP contribution in [0, 0.1) is 11.8 Å². The van der Waals surface area contributed by atoms with Crippen LogP contribution >= 0.6 is 12.6 Å². The summed E-state index contributed by atoms with van der Waals surface area (Å²) in [5.41, 5.74) is 5.77. The summed E-state index contributed by atoms with van der Waals surface area (Å²) in [5, 5.41) is 25.3. The van der Waals surface area contributed by atoms with Gasteiger partial charge in [-0.2, -0.15) is 12.6 Å². The molecule has 0 aromatic heterocycles. The van der Waals surface area contributed by atoms with Gasteiger partial charge in [0.2, 0.25) is 17.7 Å². The van der Waals surface area contributed by atoms with Crippen LogP contribution in [0.1, 0.15) is 27.7 Å². The molecule has 0 saturated heterocycles. The lowest BCUT2D eigenvalue weighted by molar-refractivity contribution is -0.142. The van der Waals surface area contributed by atoms with E-state index in [2.05, 4.69) is 28.6 Å². The number of amides is 3. The van der Waals surface area contributed by atoms with E-state index in [0.717, 1.165) is 0 Å². The normalized spacial score (nSPS) is 15.6. The lowest BCUT2D eigenvalue weighted by Crippen LogP contribution is -2.59. The maximum atomic E-state index is 12.5. The summed E-state index contributed by atoms with van der Waals surface area (Å²) in [6, 6.07) is -4.43. The van der Waals surface area contributed by atoms with Crippen molar-refractivity contribution in [3.05, 3.63) is 0 Å². The van der Waals surface area contributed by atoms with Gasteiger partial charge in [0.15, 0.2) is 0 Å². The zero-order valence-electron chi connectivity index (χ0n) is 15.9. The molecule has 0 rings (SSSR count). The molecular formula is C16H30N4O6S. The Kier molecular flexibility index (Phi) is 11.0. The second-order valence-electron chi connectivity index (χ2n) is 6.83. The largest absolute Gasteiger partial charge is 0.480 e. The number of aliphatic carboxylic acids is 1. The highest BCUT2D eigenvalue weighted by molar-refractivity contribution is 7.80. The lowest BCUT2D eigenvalue weighted by atomic mass is 10.00. The Morgan fingerprint density at radius 2 is 1.41 bits per heavy atom. The van der Waals surface area contributed by atoms with Crippen molar-refractivity contribution in [2.75, 3.05) is 12.4 Å². The van der Waals surface area contributed by atoms with E-state index in [4.69, 9.17) is 10.8 Å². The monoisotopic (exact) mass is 406 g/mol. The molecule has 0 aliphatic heterocycles. The first-order valence-electron chi connectivity index (χ1n) is 8.57. The predicted octanol–water partition coefficient (Wildman–Crippen LogP) is -1.91. The number of carbonyl (C=O) groups excluding carboxylic acids is 3. The second-order valence-corrected chi connectivity index (χ2v) is 7.19. The van der Waals surface area contributed by atoms with Gasteiger partial charge in [0.25, 0.3) is 0 Å². The molecule has 156 valence electrons. The molecule has 0 aromatic rings. The quantitative estimate of drug-likeness (QED) is 0.196. The lowest BCUT2D eigenvalue weighted by Gasteiger charge is -2.26. The van der Waals surface area contributed by atoms with Gasteiger partial charge in [-0.1, -0.05) is 27.7 Å². The van der Waals surface area contributed by atoms with E-state index in [1.807, 2.05) is 0 Å². The third-order valence-electron chi connectivity index (χ3n) is 3.88. The summed E-state index contributed by atoms with van der Waals surface area (Å²) in [7, 11) is 0. The van der Waals surface area contributed by atoms with Gasteiger partial charge < -0.3 is 31.9 Å². The van der Waals surface area contributed by atoms with Crippen molar-refractivity contribution >= 4 is 36.3 Å².